The van der Waals surface area contributed by atoms with Crippen LogP contribution in [0.5, 0.6) is 0 Å². The van der Waals surface area contributed by atoms with Crippen molar-refractivity contribution in [3.05, 3.63) is 22.5 Å². The topological polar surface area (TPSA) is 68.6 Å². The van der Waals surface area contributed by atoms with Crippen LogP contribution in [0, 0.1) is 25.7 Å². The van der Waals surface area contributed by atoms with Gasteiger partial charge in [-0.1, -0.05) is 26.7 Å². The van der Waals surface area contributed by atoms with Crippen molar-refractivity contribution in [1.82, 2.24) is 9.47 Å². The Kier molecular flexibility index (Phi) is 6.84. The van der Waals surface area contributed by atoms with Gasteiger partial charge in [0, 0.05) is 30.8 Å². The first kappa shape index (κ1) is 21.2. The quantitative estimate of drug-likeness (QED) is 0.541. The Morgan fingerprint density at radius 2 is 1.78 bits per heavy atom. The van der Waals surface area contributed by atoms with Crippen molar-refractivity contribution < 1.29 is 19.1 Å². The van der Waals surface area contributed by atoms with Crippen molar-refractivity contribution in [2.24, 2.45) is 18.9 Å². The maximum absolute atomic E-state index is 13.1. The Labute approximate surface area is 161 Å². The minimum absolute atomic E-state index is 0.0418. The Hall–Kier alpha value is -2.11. The third kappa shape index (κ3) is 4.42. The minimum atomic E-state index is -0.460. The van der Waals surface area contributed by atoms with E-state index in [-0.39, 0.29) is 30.1 Å². The number of hydrogen-bond donors (Lipinski definition) is 0. The zero-order chi connectivity index (χ0) is 20.3. The molecule has 0 bridgehead atoms. The molecular weight excluding hydrogens is 344 g/mol. The summed E-state index contributed by atoms with van der Waals surface area (Å²) in [6, 6.07) is 0. The van der Waals surface area contributed by atoms with E-state index < -0.39 is 5.97 Å². The second kappa shape index (κ2) is 8.72. The zero-order valence-electron chi connectivity index (χ0n) is 17.4. The van der Waals surface area contributed by atoms with Crippen LogP contribution in [-0.2, 0) is 16.6 Å². The molecule has 0 saturated heterocycles. The van der Waals surface area contributed by atoms with E-state index in [2.05, 4.69) is 0 Å². The van der Waals surface area contributed by atoms with E-state index in [0.29, 0.717) is 23.4 Å². The highest BCUT2D eigenvalue weighted by Crippen LogP contribution is 2.28. The first-order valence-corrected chi connectivity index (χ1v) is 9.75. The number of methoxy groups -OCH3 is 1. The maximum atomic E-state index is 13.1. The van der Waals surface area contributed by atoms with E-state index in [1.165, 1.54) is 7.11 Å². The fraction of sp³-hybridized carbons (Fsp3) is 0.667. The molecule has 1 amide bonds. The Bertz CT molecular complexity index is 727. The summed E-state index contributed by atoms with van der Waals surface area (Å²) in [7, 11) is 3.08. The maximum Gasteiger partial charge on any atom is 0.354 e. The fourth-order valence-electron chi connectivity index (χ4n) is 4.13. The molecule has 1 aromatic heterocycles. The molecule has 27 heavy (non-hydrogen) atoms. The number of esters is 1. The second-order valence-electron chi connectivity index (χ2n) is 8.00. The van der Waals surface area contributed by atoms with Crippen molar-refractivity contribution in [2.45, 2.75) is 53.4 Å². The van der Waals surface area contributed by atoms with Gasteiger partial charge < -0.3 is 14.2 Å². The van der Waals surface area contributed by atoms with Gasteiger partial charge in [-0.2, -0.15) is 0 Å². The molecule has 1 aromatic rings. The predicted octanol–water partition coefficient (Wildman–Crippen LogP) is 3.29. The van der Waals surface area contributed by atoms with Crippen molar-refractivity contribution in [3.8, 4) is 0 Å². The van der Waals surface area contributed by atoms with Crippen LogP contribution in [0.1, 0.15) is 71.6 Å². The summed E-state index contributed by atoms with van der Waals surface area (Å²) in [5.41, 5.74) is 2.24. The van der Waals surface area contributed by atoms with Crippen LogP contribution in [-0.4, -0.2) is 47.3 Å². The molecule has 0 unspecified atom stereocenters. The van der Waals surface area contributed by atoms with E-state index in [0.717, 1.165) is 31.4 Å². The van der Waals surface area contributed by atoms with Gasteiger partial charge in [0.15, 0.2) is 5.78 Å². The number of Topliss-reactive ketones (excluding diaryl/α,β-unsaturated/α-hetero) is 1. The molecule has 0 aliphatic heterocycles. The number of carbonyl (C=O) groups is 3. The van der Waals surface area contributed by atoms with E-state index in [9.17, 15) is 14.4 Å². The fourth-order valence-corrected chi connectivity index (χ4v) is 4.13. The summed E-state index contributed by atoms with van der Waals surface area (Å²) >= 11 is 0. The second-order valence-corrected chi connectivity index (χ2v) is 8.00. The molecule has 150 valence electrons. The highest BCUT2D eigenvalue weighted by molar-refractivity contribution is 6.04. The third-order valence-electron chi connectivity index (χ3n) is 5.52. The van der Waals surface area contributed by atoms with Gasteiger partial charge in [-0.15, -0.1) is 0 Å². The summed E-state index contributed by atoms with van der Waals surface area (Å²) in [5, 5.41) is 0. The van der Waals surface area contributed by atoms with E-state index >= 15 is 0 Å². The molecule has 0 atom stereocenters. The Morgan fingerprint density at radius 3 is 2.30 bits per heavy atom. The van der Waals surface area contributed by atoms with Crippen LogP contribution < -0.4 is 0 Å². The lowest BCUT2D eigenvalue weighted by Gasteiger charge is -2.27. The highest BCUT2D eigenvalue weighted by Gasteiger charge is 2.31. The SMILES string of the molecule is COC(=O)c1c(C)c(C(=O)CN(CC(C)C)C(=O)C2CCCC2)c(C)n1C. The number of ketones is 1. The standard InChI is InChI=1S/C21H32N2O4/c1-13(2)11-23(20(25)16-9-7-8-10-16)12-17(24)18-14(3)19(21(26)27-6)22(5)15(18)4/h13,16H,7-12H2,1-6H3. The molecule has 1 fully saturated rings. The Morgan fingerprint density at radius 1 is 1.19 bits per heavy atom. The molecule has 0 radical (unpaired) electrons. The van der Waals surface area contributed by atoms with Crippen molar-refractivity contribution in [3.63, 3.8) is 0 Å². The monoisotopic (exact) mass is 376 g/mol. The minimum Gasteiger partial charge on any atom is -0.464 e. The molecule has 1 heterocycles. The molecular formula is C21H32N2O4. The number of rotatable bonds is 7. The van der Waals surface area contributed by atoms with Gasteiger partial charge >= 0.3 is 5.97 Å². The van der Waals surface area contributed by atoms with Gasteiger partial charge in [-0.25, -0.2) is 4.79 Å². The van der Waals surface area contributed by atoms with Crippen LogP contribution in [0.15, 0.2) is 0 Å². The van der Waals surface area contributed by atoms with Crippen LogP contribution in [0.3, 0.4) is 0 Å². The lowest BCUT2D eigenvalue weighted by Crippen LogP contribution is -2.41. The molecule has 1 aliphatic rings. The average molecular weight is 376 g/mol. The Balaban J connectivity index is 2.29. The number of ether oxygens (including phenoxy) is 1. The van der Waals surface area contributed by atoms with Gasteiger partial charge in [0.25, 0.3) is 0 Å². The van der Waals surface area contributed by atoms with Crippen molar-refractivity contribution in [1.29, 1.82) is 0 Å². The van der Waals surface area contributed by atoms with E-state index in [1.807, 2.05) is 20.8 Å². The number of nitrogens with zero attached hydrogens (tertiary/aromatic N) is 2. The molecule has 6 nitrogen and oxygen atoms in total. The number of carbonyl (C=O) groups excluding carboxylic acids is 3. The van der Waals surface area contributed by atoms with E-state index in [1.54, 1.807) is 23.4 Å². The van der Waals surface area contributed by atoms with Crippen LogP contribution in [0.25, 0.3) is 0 Å². The summed E-state index contributed by atoms with van der Waals surface area (Å²) in [6.45, 7) is 8.30. The summed E-state index contributed by atoms with van der Waals surface area (Å²) in [4.78, 5) is 39.8. The molecule has 0 aromatic carbocycles. The number of aromatic nitrogens is 1. The molecule has 0 spiro atoms. The highest BCUT2D eigenvalue weighted by atomic mass is 16.5. The normalized spacial score (nSPS) is 14.6. The van der Waals surface area contributed by atoms with Gasteiger partial charge in [0.2, 0.25) is 5.91 Å². The largest absolute Gasteiger partial charge is 0.464 e. The number of amides is 1. The van der Waals surface area contributed by atoms with Gasteiger partial charge in [0.05, 0.1) is 13.7 Å². The average Bonchev–Trinajstić information content (AvgIpc) is 3.21. The molecule has 2 rings (SSSR count). The van der Waals surface area contributed by atoms with Crippen molar-refractivity contribution in [2.75, 3.05) is 20.2 Å². The summed E-state index contributed by atoms with van der Waals surface area (Å²) < 4.78 is 6.54. The first-order chi connectivity index (χ1) is 12.7. The van der Waals surface area contributed by atoms with Crippen LogP contribution >= 0.6 is 0 Å². The van der Waals surface area contributed by atoms with Crippen LogP contribution in [0.4, 0.5) is 0 Å². The van der Waals surface area contributed by atoms with E-state index in [4.69, 9.17) is 4.74 Å². The molecule has 1 saturated carbocycles. The zero-order valence-corrected chi connectivity index (χ0v) is 17.4. The lowest BCUT2D eigenvalue weighted by atomic mass is 10.0. The predicted molar refractivity (Wildman–Crippen MR) is 104 cm³/mol. The van der Waals surface area contributed by atoms with Gasteiger partial charge in [-0.05, 0) is 38.2 Å². The third-order valence-corrected chi connectivity index (χ3v) is 5.52. The smallest absolute Gasteiger partial charge is 0.354 e. The van der Waals surface area contributed by atoms with Crippen molar-refractivity contribution >= 4 is 17.7 Å². The lowest BCUT2D eigenvalue weighted by molar-refractivity contribution is -0.135. The molecule has 0 N–H and O–H groups in total. The number of hydrogen-bond acceptors (Lipinski definition) is 4. The van der Waals surface area contributed by atoms with Gasteiger partial charge in [-0.3, -0.25) is 9.59 Å². The first-order valence-electron chi connectivity index (χ1n) is 9.75. The molecule has 1 aliphatic carbocycles. The van der Waals surface area contributed by atoms with Gasteiger partial charge in [0.1, 0.15) is 5.69 Å². The summed E-state index contributed by atoms with van der Waals surface area (Å²) in [5.74, 6) is -0.165. The summed E-state index contributed by atoms with van der Waals surface area (Å²) in [6.07, 6.45) is 3.99. The molecule has 6 heteroatoms. The van der Waals surface area contributed by atoms with Crippen LogP contribution in [0.2, 0.25) is 0 Å².